The zero-order valence-electron chi connectivity index (χ0n) is 12.3. The number of nitrogens with zero attached hydrogens (tertiary/aromatic N) is 1. The molecule has 3 aromatic rings. The van der Waals surface area contributed by atoms with Crippen LogP contribution in [0.5, 0.6) is 0 Å². The van der Waals surface area contributed by atoms with Crippen LogP contribution in [-0.2, 0) is 6.42 Å². The van der Waals surface area contributed by atoms with E-state index in [0.717, 1.165) is 18.4 Å². The van der Waals surface area contributed by atoms with Gasteiger partial charge in [-0.1, -0.05) is 48.5 Å². The van der Waals surface area contributed by atoms with Crippen molar-refractivity contribution in [3.8, 4) is 0 Å². The van der Waals surface area contributed by atoms with Crippen molar-refractivity contribution in [2.24, 2.45) is 0 Å². The number of para-hydroxylation sites is 1. The van der Waals surface area contributed by atoms with Crippen LogP contribution >= 0.6 is 0 Å². The highest BCUT2D eigenvalue weighted by Gasteiger charge is 2.09. The van der Waals surface area contributed by atoms with E-state index in [0.29, 0.717) is 6.04 Å². The summed E-state index contributed by atoms with van der Waals surface area (Å²) in [7, 11) is 2.02. The molecule has 2 nitrogen and oxygen atoms in total. The molecule has 1 atom stereocenters. The number of fused-ring (bicyclic) bond motifs is 1. The molecule has 0 radical (unpaired) electrons. The summed E-state index contributed by atoms with van der Waals surface area (Å²) < 4.78 is 0. The first kappa shape index (κ1) is 13.8. The van der Waals surface area contributed by atoms with Gasteiger partial charge in [-0.15, -0.1) is 0 Å². The van der Waals surface area contributed by atoms with Crippen molar-refractivity contribution in [3.63, 3.8) is 0 Å². The van der Waals surface area contributed by atoms with E-state index in [4.69, 9.17) is 0 Å². The van der Waals surface area contributed by atoms with Gasteiger partial charge in [-0.25, -0.2) is 0 Å². The SMILES string of the molecule is CNC(CCc1cnc2ccccc2c1)c1ccccc1. The highest BCUT2D eigenvalue weighted by atomic mass is 14.9. The molecule has 0 aliphatic heterocycles. The van der Waals surface area contributed by atoms with Crippen molar-refractivity contribution in [2.75, 3.05) is 7.05 Å². The Bertz CT molecular complexity index is 707. The monoisotopic (exact) mass is 276 g/mol. The van der Waals surface area contributed by atoms with Gasteiger partial charge in [-0.05, 0) is 43.1 Å². The molecular formula is C19H20N2. The van der Waals surface area contributed by atoms with Crippen molar-refractivity contribution in [3.05, 3.63) is 78.0 Å². The molecule has 0 fully saturated rings. The third-order valence-electron chi connectivity index (χ3n) is 3.92. The summed E-state index contributed by atoms with van der Waals surface area (Å²) in [6.07, 6.45) is 4.10. The quantitative estimate of drug-likeness (QED) is 0.758. The van der Waals surface area contributed by atoms with Crippen molar-refractivity contribution in [2.45, 2.75) is 18.9 Å². The average Bonchev–Trinajstić information content (AvgIpc) is 2.56. The Labute approximate surface area is 125 Å². The van der Waals surface area contributed by atoms with Crippen LogP contribution in [0.25, 0.3) is 10.9 Å². The molecule has 0 bridgehead atoms. The molecule has 0 spiro atoms. The molecule has 0 saturated heterocycles. The molecule has 0 saturated carbocycles. The Kier molecular flexibility index (Phi) is 4.27. The molecule has 2 aromatic carbocycles. The van der Waals surface area contributed by atoms with Crippen LogP contribution < -0.4 is 5.32 Å². The van der Waals surface area contributed by atoms with E-state index in [-0.39, 0.29) is 0 Å². The number of hydrogen-bond acceptors (Lipinski definition) is 2. The normalized spacial score (nSPS) is 12.4. The zero-order valence-corrected chi connectivity index (χ0v) is 12.3. The average molecular weight is 276 g/mol. The lowest BCUT2D eigenvalue weighted by atomic mass is 9.99. The molecule has 1 aromatic heterocycles. The first-order chi connectivity index (χ1) is 10.4. The summed E-state index contributed by atoms with van der Waals surface area (Å²) in [6.45, 7) is 0. The Hall–Kier alpha value is -2.19. The van der Waals surface area contributed by atoms with Crippen molar-refractivity contribution in [1.29, 1.82) is 0 Å². The predicted octanol–water partition coefficient (Wildman–Crippen LogP) is 4.13. The number of nitrogens with one attached hydrogen (secondary N) is 1. The summed E-state index contributed by atoms with van der Waals surface area (Å²) in [5.74, 6) is 0. The van der Waals surface area contributed by atoms with Crippen LogP contribution in [-0.4, -0.2) is 12.0 Å². The molecule has 0 aliphatic carbocycles. The summed E-state index contributed by atoms with van der Waals surface area (Å²) in [5, 5.41) is 4.62. The van der Waals surface area contributed by atoms with E-state index >= 15 is 0 Å². The summed E-state index contributed by atoms with van der Waals surface area (Å²) >= 11 is 0. The third kappa shape index (κ3) is 3.29. The first-order valence-corrected chi connectivity index (χ1v) is 7.43. The van der Waals surface area contributed by atoms with E-state index in [1.807, 2.05) is 19.3 Å². The molecule has 0 amide bonds. The zero-order chi connectivity index (χ0) is 14.5. The van der Waals surface area contributed by atoms with Crippen LogP contribution in [0.1, 0.15) is 23.6 Å². The fourth-order valence-electron chi connectivity index (χ4n) is 2.73. The standard InChI is InChI=1S/C19H20N2/c1-20-18(16-7-3-2-4-8-16)12-11-15-13-17-9-5-6-10-19(17)21-14-15/h2-10,13-14,18,20H,11-12H2,1H3. The maximum Gasteiger partial charge on any atom is 0.0702 e. The van der Waals surface area contributed by atoms with E-state index in [1.165, 1.54) is 16.5 Å². The Morgan fingerprint density at radius 1 is 1.00 bits per heavy atom. The molecular weight excluding hydrogens is 256 g/mol. The third-order valence-corrected chi connectivity index (χ3v) is 3.92. The predicted molar refractivity (Wildman–Crippen MR) is 88.3 cm³/mol. The minimum Gasteiger partial charge on any atom is -0.313 e. The second-order valence-corrected chi connectivity index (χ2v) is 5.33. The second-order valence-electron chi connectivity index (χ2n) is 5.33. The smallest absolute Gasteiger partial charge is 0.0702 e. The van der Waals surface area contributed by atoms with Gasteiger partial charge in [0.25, 0.3) is 0 Å². The van der Waals surface area contributed by atoms with Crippen molar-refractivity contribution >= 4 is 10.9 Å². The van der Waals surface area contributed by atoms with E-state index in [9.17, 15) is 0 Å². The molecule has 3 rings (SSSR count). The van der Waals surface area contributed by atoms with Crippen LogP contribution in [0, 0.1) is 0 Å². The molecule has 1 N–H and O–H groups in total. The van der Waals surface area contributed by atoms with Crippen molar-refractivity contribution in [1.82, 2.24) is 10.3 Å². The number of pyridine rings is 1. The van der Waals surface area contributed by atoms with Gasteiger partial charge in [0.15, 0.2) is 0 Å². The fraction of sp³-hybridized carbons (Fsp3) is 0.211. The minimum atomic E-state index is 0.387. The fourth-order valence-corrected chi connectivity index (χ4v) is 2.73. The Morgan fingerprint density at radius 3 is 2.57 bits per heavy atom. The van der Waals surface area contributed by atoms with Gasteiger partial charge in [0.2, 0.25) is 0 Å². The maximum atomic E-state index is 4.54. The molecule has 106 valence electrons. The van der Waals surface area contributed by atoms with Crippen LogP contribution in [0.3, 0.4) is 0 Å². The first-order valence-electron chi connectivity index (χ1n) is 7.43. The summed E-state index contributed by atoms with van der Waals surface area (Å²) in [4.78, 5) is 4.54. The van der Waals surface area contributed by atoms with Gasteiger partial charge in [0, 0.05) is 17.6 Å². The lowest BCUT2D eigenvalue weighted by Crippen LogP contribution is -2.17. The topological polar surface area (TPSA) is 24.9 Å². The molecule has 1 unspecified atom stereocenters. The van der Waals surface area contributed by atoms with Crippen LogP contribution in [0.2, 0.25) is 0 Å². The van der Waals surface area contributed by atoms with Crippen LogP contribution in [0.15, 0.2) is 66.9 Å². The van der Waals surface area contributed by atoms with Gasteiger partial charge in [-0.3, -0.25) is 4.98 Å². The molecule has 1 heterocycles. The van der Waals surface area contributed by atoms with Gasteiger partial charge < -0.3 is 5.32 Å². The van der Waals surface area contributed by atoms with Crippen LogP contribution in [0.4, 0.5) is 0 Å². The molecule has 2 heteroatoms. The Morgan fingerprint density at radius 2 is 1.76 bits per heavy atom. The number of aryl methyl sites for hydroxylation is 1. The van der Waals surface area contributed by atoms with Gasteiger partial charge in [0.1, 0.15) is 0 Å². The number of rotatable bonds is 5. The van der Waals surface area contributed by atoms with E-state index < -0.39 is 0 Å². The highest BCUT2D eigenvalue weighted by Crippen LogP contribution is 2.20. The highest BCUT2D eigenvalue weighted by molar-refractivity contribution is 5.78. The number of benzene rings is 2. The molecule has 0 aliphatic rings. The Balaban J connectivity index is 1.73. The van der Waals surface area contributed by atoms with Gasteiger partial charge in [0.05, 0.1) is 5.52 Å². The molecule has 21 heavy (non-hydrogen) atoms. The number of aromatic nitrogens is 1. The largest absolute Gasteiger partial charge is 0.313 e. The lowest BCUT2D eigenvalue weighted by Gasteiger charge is -2.16. The van der Waals surface area contributed by atoms with Gasteiger partial charge >= 0.3 is 0 Å². The van der Waals surface area contributed by atoms with E-state index in [1.54, 1.807) is 0 Å². The summed E-state index contributed by atoms with van der Waals surface area (Å²) in [5.41, 5.74) is 3.70. The lowest BCUT2D eigenvalue weighted by molar-refractivity contribution is 0.549. The number of hydrogen-bond donors (Lipinski definition) is 1. The van der Waals surface area contributed by atoms with Crippen molar-refractivity contribution < 1.29 is 0 Å². The second kappa shape index (κ2) is 6.51. The minimum absolute atomic E-state index is 0.387. The maximum absolute atomic E-state index is 4.54. The summed E-state index contributed by atoms with van der Waals surface area (Å²) in [6, 6.07) is 21.5. The van der Waals surface area contributed by atoms with Gasteiger partial charge in [-0.2, -0.15) is 0 Å². The van der Waals surface area contributed by atoms with E-state index in [2.05, 4.69) is 64.9 Å².